The second kappa shape index (κ2) is 8.47. The number of aliphatic hydroxyl groups is 2. The Kier molecular flexibility index (Phi) is 5.76. The predicted octanol–water partition coefficient (Wildman–Crippen LogP) is 2.03. The Balaban J connectivity index is 1.64. The Bertz CT molecular complexity index is 1100. The summed E-state index contributed by atoms with van der Waals surface area (Å²) < 4.78 is 0. The lowest BCUT2D eigenvalue weighted by Crippen LogP contribution is -2.48. The van der Waals surface area contributed by atoms with E-state index in [1.807, 2.05) is 30.3 Å². The molecule has 0 radical (unpaired) electrons. The number of nitrogens with one attached hydrogen (secondary N) is 2. The zero-order valence-electron chi connectivity index (χ0n) is 16.1. The summed E-state index contributed by atoms with van der Waals surface area (Å²) in [5.74, 6) is -0.796. The molecule has 2 amide bonds. The van der Waals surface area contributed by atoms with E-state index >= 15 is 0 Å². The lowest BCUT2D eigenvalue weighted by Gasteiger charge is -2.33. The van der Waals surface area contributed by atoms with Gasteiger partial charge < -0.3 is 25.4 Å². The molecule has 156 valence electrons. The van der Waals surface area contributed by atoms with E-state index in [0.717, 1.165) is 22.0 Å². The van der Waals surface area contributed by atoms with E-state index < -0.39 is 24.6 Å². The van der Waals surface area contributed by atoms with Gasteiger partial charge in [0.1, 0.15) is 12.3 Å². The fraction of sp³-hybridized carbons (Fsp3) is 0.273. The van der Waals surface area contributed by atoms with Crippen LogP contribution in [0.15, 0.2) is 48.5 Å². The highest BCUT2D eigenvalue weighted by Crippen LogP contribution is 2.36. The molecule has 2 atom stereocenters. The van der Waals surface area contributed by atoms with Crippen molar-refractivity contribution in [1.82, 2.24) is 15.2 Å². The van der Waals surface area contributed by atoms with Crippen LogP contribution < -0.4 is 5.32 Å². The van der Waals surface area contributed by atoms with Gasteiger partial charge in [0.05, 0.1) is 18.7 Å². The molecule has 0 aliphatic heterocycles. The number of hydrogen-bond donors (Lipinski definition) is 4. The third kappa shape index (κ3) is 3.79. The second-order valence-corrected chi connectivity index (χ2v) is 7.75. The van der Waals surface area contributed by atoms with Crippen molar-refractivity contribution in [3.05, 3.63) is 70.4 Å². The number of rotatable bonds is 6. The average molecular weight is 428 g/mol. The standard InChI is InChI=1S/C22H22ClN3O4/c23-15-5-6-17-14(9-15)11-19(24-17)22(30)25-18-10-13-3-1-2-4-16(13)21(18)26(7-8-27)20(29)12-28/h1-6,9,11,18,21,24,27-28H,7-8,10,12H2,(H,25,30)/t18-,21+/m1/s1. The fourth-order valence-electron chi connectivity index (χ4n) is 4.18. The van der Waals surface area contributed by atoms with Crippen molar-refractivity contribution in [3.8, 4) is 0 Å². The minimum Gasteiger partial charge on any atom is -0.395 e. The number of aromatic amines is 1. The molecule has 0 bridgehead atoms. The van der Waals surface area contributed by atoms with Crippen LogP contribution >= 0.6 is 11.6 Å². The smallest absolute Gasteiger partial charge is 0.268 e. The summed E-state index contributed by atoms with van der Waals surface area (Å²) >= 11 is 6.03. The number of halogens is 1. The summed E-state index contributed by atoms with van der Waals surface area (Å²) in [7, 11) is 0. The number of nitrogens with zero attached hydrogens (tertiary/aromatic N) is 1. The molecule has 1 aliphatic carbocycles. The molecule has 1 aliphatic rings. The number of carbonyl (C=O) groups is 2. The topological polar surface area (TPSA) is 106 Å². The van der Waals surface area contributed by atoms with Gasteiger partial charge in [0.25, 0.3) is 5.91 Å². The molecule has 0 saturated heterocycles. The molecule has 0 unspecified atom stereocenters. The molecule has 1 heterocycles. The van der Waals surface area contributed by atoms with E-state index in [1.165, 1.54) is 4.90 Å². The SMILES string of the molecule is O=C(N[C@@H]1Cc2ccccc2[C@@H]1N(CCO)C(=O)CO)c1cc2cc(Cl)ccc2[nH]1. The number of H-pyrrole nitrogens is 1. The van der Waals surface area contributed by atoms with Crippen LogP contribution in [0.3, 0.4) is 0 Å². The first-order chi connectivity index (χ1) is 14.5. The molecule has 7 nitrogen and oxygen atoms in total. The lowest BCUT2D eigenvalue weighted by atomic mass is 10.0. The maximum Gasteiger partial charge on any atom is 0.268 e. The number of carbonyl (C=O) groups excluding carboxylic acids is 2. The summed E-state index contributed by atoms with van der Waals surface area (Å²) in [6.07, 6.45) is 0.541. The summed E-state index contributed by atoms with van der Waals surface area (Å²) in [6, 6.07) is 13.8. The third-order valence-corrected chi connectivity index (χ3v) is 5.71. The number of hydrogen-bond acceptors (Lipinski definition) is 4. The maximum absolute atomic E-state index is 13.0. The zero-order chi connectivity index (χ0) is 21.3. The maximum atomic E-state index is 13.0. The van der Waals surface area contributed by atoms with Crippen LogP contribution in [0.25, 0.3) is 10.9 Å². The molecule has 1 aromatic heterocycles. The summed E-state index contributed by atoms with van der Waals surface area (Å²) in [6.45, 7) is -0.842. The largest absolute Gasteiger partial charge is 0.395 e. The van der Waals surface area contributed by atoms with Gasteiger partial charge in [0.2, 0.25) is 5.91 Å². The van der Waals surface area contributed by atoms with E-state index in [2.05, 4.69) is 10.3 Å². The summed E-state index contributed by atoms with van der Waals surface area (Å²) in [4.78, 5) is 29.9. The highest BCUT2D eigenvalue weighted by molar-refractivity contribution is 6.31. The third-order valence-electron chi connectivity index (χ3n) is 5.47. The molecular weight excluding hydrogens is 406 g/mol. The molecule has 0 fully saturated rings. The fourth-order valence-corrected chi connectivity index (χ4v) is 4.36. The van der Waals surface area contributed by atoms with Crippen LogP contribution in [0.1, 0.15) is 27.7 Å². The van der Waals surface area contributed by atoms with Crippen molar-refractivity contribution in [2.75, 3.05) is 19.8 Å². The van der Waals surface area contributed by atoms with Gasteiger partial charge in [-0.2, -0.15) is 0 Å². The molecule has 2 aromatic carbocycles. The van der Waals surface area contributed by atoms with Crippen LogP contribution in [-0.2, 0) is 11.2 Å². The molecular formula is C22H22ClN3O4. The van der Waals surface area contributed by atoms with Crippen molar-refractivity contribution in [2.45, 2.75) is 18.5 Å². The van der Waals surface area contributed by atoms with Gasteiger partial charge in [0.15, 0.2) is 0 Å². The second-order valence-electron chi connectivity index (χ2n) is 7.31. The van der Waals surface area contributed by atoms with Crippen molar-refractivity contribution < 1.29 is 19.8 Å². The number of aliphatic hydroxyl groups excluding tert-OH is 2. The molecule has 8 heteroatoms. The van der Waals surface area contributed by atoms with Crippen molar-refractivity contribution in [3.63, 3.8) is 0 Å². The predicted molar refractivity (Wildman–Crippen MR) is 113 cm³/mol. The quantitative estimate of drug-likeness (QED) is 0.483. The van der Waals surface area contributed by atoms with Gasteiger partial charge in [0, 0.05) is 22.5 Å². The average Bonchev–Trinajstić information content (AvgIpc) is 3.32. The van der Waals surface area contributed by atoms with E-state index in [-0.39, 0.29) is 19.1 Å². The highest BCUT2D eigenvalue weighted by atomic mass is 35.5. The van der Waals surface area contributed by atoms with Crippen molar-refractivity contribution in [2.24, 2.45) is 0 Å². The van der Waals surface area contributed by atoms with Crippen LogP contribution in [-0.4, -0.2) is 57.7 Å². The number of aromatic nitrogens is 1. The Labute approximate surface area is 178 Å². The van der Waals surface area contributed by atoms with Gasteiger partial charge in [-0.3, -0.25) is 9.59 Å². The minimum absolute atomic E-state index is 0.0651. The zero-order valence-corrected chi connectivity index (χ0v) is 16.9. The number of fused-ring (bicyclic) bond motifs is 2. The number of benzene rings is 2. The van der Waals surface area contributed by atoms with Crippen molar-refractivity contribution in [1.29, 1.82) is 0 Å². The summed E-state index contributed by atoms with van der Waals surface area (Å²) in [5, 5.41) is 23.3. The van der Waals surface area contributed by atoms with Crippen LogP contribution in [0.2, 0.25) is 5.02 Å². The Hall–Kier alpha value is -2.87. The first-order valence-corrected chi connectivity index (χ1v) is 10.1. The molecule has 3 aromatic rings. The van der Waals surface area contributed by atoms with Crippen molar-refractivity contribution >= 4 is 34.3 Å². The van der Waals surface area contributed by atoms with Gasteiger partial charge >= 0.3 is 0 Å². The van der Waals surface area contributed by atoms with Gasteiger partial charge in [-0.15, -0.1) is 0 Å². The van der Waals surface area contributed by atoms with E-state index in [1.54, 1.807) is 18.2 Å². The molecule has 0 spiro atoms. The van der Waals surface area contributed by atoms with Gasteiger partial charge in [-0.05, 0) is 41.8 Å². The minimum atomic E-state index is -0.665. The molecule has 30 heavy (non-hydrogen) atoms. The Morgan fingerprint density at radius 1 is 1.17 bits per heavy atom. The Morgan fingerprint density at radius 3 is 2.73 bits per heavy atom. The Morgan fingerprint density at radius 2 is 1.97 bits per heavy atom. The molecule has 4 rings (SSSR count). The van der Waals surface area contributed by atoms with E-state index in [4.69, 9.17) is 11.6 Å². The normalized spacial score (nSPS) is 17.7. The molecule has 4 N–H and O–H groups in total. The van der Waals surface area contributed by atoms with Crippen LogP contribution in [0.4, 0.5) is 0 Å². The van der Waals surface area contributed by atoms with Gasteiger partial charge in [-0.25, -0.2) is 0 Å². The first-order valence-electron chi connectivity index (χ1n) is 9.70. The highest BCUT2D eigenvalue weighted by Gasteiger charge is 2.39. The lowest BCUT2D eigenvalue weighted by molar-refractivity contribution is -0.137. The number of amides is 2. The van der Waals surface area contributed by atoms with Gasteiger partial charge in [-0.1, -0.05) is 35.9 Å². The van der Waals surface area contributed by atoms with Crippen LogP contribution in [0, 0.1) is 0 Å². The van der Waals surface area contributed by atoms with E-state index in [0.29, 0.717) is 17.1 Å². The monoisotopic (exact) mass is 427 g/mol. The summed E-state index contributed by atoms with van der Waals surface area (Å²) in [5.41, 5.74) is 3.11. The van der Waals surface area contributed by atoms with E-state index in [9.17, 15) is 19.8 Å². The first kappa shape index (κ1) is 20.4. The van der Waals surface area contributed by atoms with Crippen LogP contribution in [0.5, 0.6) is 0 Å². The molecule has 0 saturated carbocycles.